The molecule has 4 nitrogen and oxygen atoms in total. The number of hydrogen-bond donors (Lipinski definition) is 1. The van der Waals surface area contributed by atoms with Gasteiger partial charge < -0.3 is 10.2 Å². The maximum atomic E-state index is 14.1. The van der Waals surface area contributed by atoms with E-state index >= 15 is 0 Å². The van der Waals surface area contributed by atoms with Gasteiger partial charge in [-0.3, -0.25) is 9.59 Å². The molecule has 0 fully saturated rings. The Morgan fingerprint density at radius 1 is 0.907 bits per heavy atom. The summed E-state index contributed by atoms with van der Waals surface area (Å²) < 4.78 is 28.2. The predicted molar refractivity (Wildman–Crippen MR) is 174 cm³/mol. The lowest BCUT2D eigenvalue weighted by molar-refractivity contribution is -0.118. The zero-order valence-corrected chi connectivity index (χ0v) is 25.5. The van der Waals surface area contributed by atoms with E-state index in [4.69, 9.17) is 0 Å². The minimum absolute atomic E-state index is 0.0802. The SMILES string of the molecule is C=Cc1ccc(N(Cc2cc(F)cc(F)c2)Cc2ccc(C(=O)N[C@@H](CCSC)C(C)=O)c(-c3ccccc3C)c2)cc1. The number of benzene rings is 4. The third-order valence-electron chi connectivity index (χ3n) is 7.33. The molecule has 4 aromatic carbocycles. The lowest BCUT2D eigenvalue weighted by Crippen LogP contribution is -2.40. The first-order valence-electron chi connectivity index (χ1n) is 14.1. The quantitative estimate of drug-likeness (QED) is 0.168. The molecule has 43 heavy (non-hydrogen) atoms. The second-order valence-electron chi connectivity index (χ2n) is 10.5. The van der Waals surface area contributed by atoms with Gasteiger partial charge in [-0.15, -0.1) is 0 Å². The molecule has 222 valence electrons. The van der Waals surface area contributed by atoms with Gasteiger partial charge in [0.1, 0.15) is 11.6 Å². The number of nitrogens with one attached hydrogen (secondary N) is 1. The molecule has 0 spiro atoms. The number of anilines is 1. The van der Waals surface area contributed by atoms with E-state index in [2.05, 4.69) is 11.9 Å². The Morgan fingerprint density at radius 2 is 1.58 bits per heavy atom. The topological polar surface area (TPSA) is 49.4 Å². The average Bonchev–Trinajstić information content (AvgIpc) is 2.98. The van der Waals surface area contributed by atoms with E-state index in [0.29, 0.717) is 24.1 Å². The Bertz CT molecular complexity index is 1580. The second kappa shape index (κ2) is 14.8. The van der Waals surface area contributed by atoms with Gasteiger partial charge in [0.25, 0.3) is 5.91 Å². The van der Waals surface area contributed by atoms with Crippen LogP contribution < -0.4 is 10.2 Å². The summed E-state index contributed by atoms with van der Waals surface area (Å²) in [5.74, 6) is -0.889. The number of halogens is 2. The zero-order chi connectivity index (χ0) is 30.9. The van der Waals surface area contributed by atoms with Crippen LogP contribution in [0.4, 0.5) is 14.5 Å². The van der Waals surface area contributed by atoms with E-state index in [1.54, 1.807) is 23.9 Å². The fourth-order valence-corrected chi connectivity index (χ4v) is 5.51. The van der Waals surface area contributed by atoms with Crippen LogP contribution in [0, 0.1) is 18.6 Å². The Balaban J connectivity index is 1.74. The highest BCUT2D eigenvalue weighted by atomic mass is 32.2. The van der Waals surface area contributed by atoms with Crippen molar-refractivity contribution in [1.82, 2.24) is 5.32 Å². The van der Waals surface area contributed by atoms with Crippen LogP contribution in [0.3, 0.4) is 0 Å². The standard InChI is InChI=1S/C36H36F2N2O2S/c1-5-26-10-13-31(14-11-26)40(23-28-18-29(37)21-30(38)19-28)22-27-12-15-33(34(20-27)32-9-7-6-8-24(32)2)36(42)39-35(25(3)41)16-17-43-4/h5-15,18-21,35H,1,16-17,22-23H2,2-4H3,(H,39,42)/t35-/m0/s1. The number of Topliss-reactive ketones (excluding diaryl/α,β-unsaturated/α-hetero) is 1. The summed E-state index contributed by atoms with van der Waals surface area (Å²) in [7, 11) is 0. The number of carbonyl (C=O) groups excluding carboxylic acids is 2. The van der Waals surface area contributed by atoms with Crippen molar-refractivity contribution in [2.45, 2.75) is 39.4 Å². The Morgan fingerprint density at radius 3 is 2.21 bits per heavy atom. The fourth-order valence-electron chi connectivity index (χ4n) is 5.04. The van der Waals surface area contributed by atoms with Gasteiger partial charge in [0.05, 0.1) is 6.04 Å². The number of aryl methyl sites for hydroxylation is 1. The van der Waals surface area contributed by atoms with Crippen molar-refractivity contribution in [2.75, 3.05) is 16.9 Å². The monoisotopic (exact) mass is 598 g/mol. The number of carbonyl (C=O) groups is 2. The molecule has 1 N–H and O–H groups in total. The Labute approximate surface area is 256 Å². The van der Waals surface area contributed by atoms with Crippen molar-refractivity contribution in [3.63, 3.8) is 0 Å². The molecule has 0 aliphatic heterocycles. The number of amides is 1. The van der Waals surface area contributed by atoms with Crippen molar-refractivity contribution in [3.05, 3.63) is 131 Å². The molecule has 0 unspecified atom stereocenters. The normalized spacial score (nSPS) is 11.6. The van der Waals surface area contributed by atoms with Gasteiger partial charge in [-0.25, -0.2) is 8.78 Å². The number of ketones is 1. The van der Waals surface area contributed by atoms with E-state index in [0.717, 1.165) is 45.3 Å². The molecule has 0 saturated carbocycles. The molecule has 0 radical (unpaired) electrons. The highest BCUT2D eigenvalue weighted by Crippen LogP contribution is 2.30. The highest BCUT2D eigenvalue weighted by molar-refractivity contribution is 7.98. The molecule has 4 aromatic rings. The van der Waals surface area contributed by atoms with E-state index in [1.165, 1.54) is 19.1 Å². The maximum absolute atomic E-state index is 14.1. The van der Waals surface area contributed by atoms with Crippen LogP contribution in [-0.4, -0.2) is 29.7 Å². The van der Waals surface area contributed by atoms with Gasteiger partial charge in [-0.2, -0.15) is 11.8 Å². The summed E-state index contributed by atoms with van der Waals surface area (Å²) in [6.07, 6.45) is 4.28. The second-order valence-corrected chi connectivity index (χ2v) is 11.5. The summed E-state index contributed by atoms with van der Waals surface area (Å²) in [5, 5.41) is 2.95. The number of nitrogens with zero attached hydrogens (tertiary/aromatic N) is 1. The molecule has 0 aliphatic rings. The molecule has 0 aromatic heterocycles. The lowest BCUT2D eigenvalue weighted by atomic mass is 9.93. The molecule has 0 heterocycles. The van der Waals surface area contributed by atoms with E-state index < -0.39 is 17.7 Å². The third kappa shape index (κ3) is 8.42. The highest BCUT2D eigenvalue weighted by Gasteiger charge is 2.21. The van der Waals surface area contributed by atoms with Gasteiger partial charge in [0.2, 0.25) is 0 Å². The largest absolute Gasteiger partial charge is 0.363 e. The Kier molecular flexibility index (Phi) is 10.9. The van der Waals surface area contributed by atoms with Crippen LogP contribution in [0.15, 0.2) is 91.5 Å². The van der Waals surface area contributed by atoms with Gasteiger partial charge >= 0.3 is 0 Å². The third-order valence-corrected chi connectivity index (χ3v) is 7.98. The Hall–Kier alpha value is -4.23. The first kappa shape index (κ1) is 31.7. The van der Waals surface area contributed by atoms with Crippen LogP contribution in [0.25, 0.3) is 17.2 Å². The summed E-state index contributed by atoms with van der Waals surface area (Å²) in [4.78, 5) is 27.9. The number of hydrogen-bond acceptors (Lipinski definition) is 4. The van der Waals surface area contributed by atoms with Gasteiger partial charge in [-0.05, 0) is 102 Å². The summed E-state index contributed by atoms with van der Waals surface area (Å²) in [6.45, 7) is 7.99. The fraction of sp³-hybridized carbons (Fsp3) is 0.222. The van der Waals surface area contributed by atoms with E-state index in [-0.39, 0.29) is 18.2 Å². The predicted octanol–water partition coefficient (Wildman–Crippen LogP) is 8.23. The van der Waals surface area contributed by atoms with Crippen LogP contribution in [-0.2, 0) is 17.9 Å². The van der Waals surface area contributed by atoms with Crippen molar-refractivity contribution < 1.29 is 18.4 Å². The van der Waals surface area contributed by atoms with Crippen molar-refractivity contribution in [1.29, 1.82) is 0 Å². The number of thioether (sulfide) groups is 1. The van der Waals surface area contributed by atoms with E-state index in [1.807, 2.05) is 78.7 Å². The minimum atomic E-state index is -0.629. The molecule has 0 aliphatic carbocycles. The number of rotatable bonds is 13. The molecule has 1 atom stereocenters. The lowest BCUT2D eigenvalue weighted by Gasteiger charge is -2.26. The smallest absolute Gasteiger partial charge is 0.252 e. The minimum Gasteiger partial charge on any atom is -0.363 e. The van der Waals surface area contributed by atoms with Crippen molar-refractivity contribution >= 4 is 35.2 Å². The van der Waals surface area contributed by atoms with Crippen LogP contribution in [0.2, 0.25) is 0 Å². The zero-order valence-electron chi connectivity index (χ0n) is 24.7. The molecule has 0 bridgehead atoms. The van der Waals surface area contributed by atoms with E-state index in [9.17, 15) is 18.4 Å². The molecule has 7 heteroatoms. The average molecular weight is 599 g/mol. The van der Waals surface area contributed by atoms with Gasteiger partial charge in [0.15, 0.2) is 5.78 Å². The molecular weight excluding hydrogens is 562 g/mol. The summed E-state index contributed by atoms with van der Waals surface area (Å²) in [5.41, 5.74) is 6.37. The van der Waals surface area contributed by atoms with Crippen LogP contribution in [0.1, 0.15) is 46.0 Å². The molecule has 1 amide bonds. The van der Waals surface area contributed by atoms with Gasteiger partial charge in [0, 0.05) is 30.4 Å². The molecular formula is C36H36F2N2O2S. The van der Waals surface area contributed by atoms with Crippen LogP contribution >= 0.6 is 11.8 Å². The van der Waals surface area contributed by atoms with Crippen LogP contribution in [0.5, 0.6) is 0 Å². The van der Waals surface area contributed by atoms with Crippen molar-refractivity contribution in [2.24, 2.45) is 0 Å². The van der Waals surface area contributed by atoms with Crippen molar-refractivity contribution in [3.8, 4) is 11.1 Å². The first-order chi connectivity index (χ1) is 20.7. The first-order valence-corrected chi connectivity index (χ1v) is 15.5. The summed E-state index contributed by atoms with van der Waals surface area (Å²) >= 11 is 1.63. The summed E-state index contributed by atoms with van der Waals surface area (Å²) in [6, 6.07) is 24.3. The van der Waals surface area contributed by atoms with Gasteiger partial charge in [-0.1, -0.05) is 55.1 Å². The maximum Gasteiger partial charge on any atom is 0.252 e. The molecule has 4 rings (SSSR count). The molecule has 0 saturated heterocycles.